The number of halogens is 1. The van der Waals surface area contributed by atoms with Crippen LogP contribution in [0, 0.1) is 0 Å². The van der Waals surface area contributed by atoms with Crippen LogP contribution in [0.4, 0.5) is 0 Å². The van der Waals surface area contributed by atoms with Crippen LogP contribution in [0.25, 0.3) is 0 Å². The monoisotopic (exact) mass is 277 g/mol. The van der Waals surface area contributed by atoms with Crippen molar-refractivity contribution in [2.24, 2.45) is 5.73 Å². The summed E-state index contributed by atoms with van der Waals surface area (Å²) in [5.41, 5.74) is 7.44. The van der Waals surface area contributed by atoms with Crippen molar-refractivity contribution >= 4 is 23.4 Å². The Morgan fingerprint density at radius 2 is 1.78 bits per heavy atom. The molecule has 18 heavy (non-hydrogen) atoms. The molecule has 3 heteroatoms. The molecule has 0 bridgehead atoms. The van der Waals surface area contributed by atoms with E-state index >= 15 is 0 Å². The second-order valence-corrected chi connectivity index (χ2v) is 6.10. The van der Waals surface area contributed by atoms with E-state index in [0.717, 1.165) is 9.92 Å². The summed E-state index contributed by atoms with van der Waals surface area (Å²) in [5.74, 6) is 0. The van der Waals surface area contributed by atoms with Crippen molar-refractivity contribution in [1.29, 1.82) is 0 Å². The molecule has 0 aromatic heterocycles. The predicted molar refractivity (Wildman–Crippen MR) is 80.1 cm³/mol. The molecule has 0 saturated carbocycles. The van der Waals surface area contributed by atoms with Gasteiger partial charge in [-0.25, -0.2) is 0 Å². The molecule has 2 N–H and O–H groups in total. The van der Waals surface area contributed by atoms with Gasteiger partial charge in [0.2, 0.25) is 0 Å². The summed E-state index contributed by atoms with van der Waals surface area (Å²) in [6.45, 7) is 2.14. The average molecular weight is 278 g/mol. The molecule has 0 aliphatic carbocycles. The van der Waals surface area contributed by atoms with E-state index in [2.05, 4.69) is 25.1 Å². The van der Waals surface area contributed by atoms with E-state index in [0.29, 0.717) is 5.25 Å². The topological polar surface area (TPSA) is 26.0 Å². The van der Waals surface area contributed by atoms with Crippen LogP contribution in [0.3, 0.4) is 0 Å². The number of hydrogen-bond acceptors (Lipinski definition) is 2. The summed E-state index contributed by atoms with van der Waals surface area (Å²) in [4.78, 5) is 1.15. The number of rotatable bonds is 4. The summed E-state index contributed by atoms with van der Waals surface area (Å²) in [7, 11) is 0. The van der Waals surface area contributed by atoms with E-state index in [-0.39, 0.29) is 6.04 Å². The van der Waals surface area contributed by atoms with Gasteiger partial charge in [0, 0.05) is 21.2 Å². The van der Waals surface area contributed by atoms with Crippen molar-refractivity contribution in [1.82, 2.24) is 0 Å². The number of hydrogen-bond donors (Lipinski definition) is 1. The van der Waals surface area contributed by atoms with Crippen molar-refractivity contribution in [2.75, 3.05) is 0 Å². The van der Waals surface area contributed by atoms with Gasteiger partial charge in [-0.1, -0.05) is 54.9 Å². The van der Waals surface area contributed by atoms with E-state index in [4.69, 9.17) is 17.3 Å². The Hall–Kier alpha value is -0.960. The molecule has 0 radical (unpaired) electrons. The third-order valence-electron chi connectivity index (χ3n) is 2.81. The normalized spacial score (nSPS) is 14.2. The molecule has 0 fully saturated rings. The third-order valence-corrected chi connectivity index (χ3v) is 4.23. The van der Waals surface area contributed by atoms with Crippen molar-refractivity contribution in [2.45, 2.75) is 23.1 Å². The maximum atomic E-state index is 6.27. The van der Waals surface area contributed by atoms with E-state index in [1.807, 2.05) is 36.4 Å². The summed E-state index contributed by atoms with van der Waals surface area (Å²) in [6, 6.07) is 18.1. The van der Waals surface area contributed by atoms with Gasteiger partial charge in [-0.15, -0.1) is 11.8 Å². The van der Waals surface area contributed by atoms with Crippen molar-refractivity contribution in [3.05, 3.63) is 65.2 Å². The summed E-state index contributed by atoms with van der Waals surface area (Å²) < 4.78 is 0. The van der Waals surface area contributed by atoms with E-state index in [1.54, 1.807) is 11.8 Å². The lowest BCUT2D eigenvalue weighted by molar-refractivity contribution is 0.715. The van der Waals surface area contributed by atoms with Gasteiger partial charge < -0.3 is 5.73 Å². The minimum Gasteiger partial charge on any atom is -0.323 e. The Balaban J connectivity index is 2.06. The number of benzene rings is 2. The highest BCUT2D eigenvalue weighted by Crippen LogP contribution is 2.31. The lowest BCUT2D eigenvalue weighted by Crippen LogP contribution is -2.20. The molecule has 1 nitrogen and oxygen atoms in total. The molecule has 2 unspecified atom stereocenters. The Morgan fingerprint density at radius 3 is 2.44 bits per heavy atom. The summed E-state index contributed by atoms with van der Waals surface area (Å²) in [6.07, 6.45) is 0. The van der Waals surface area contributed by atoms with Gasteiger partial charge in [-0.05, 0) is 23.8 Å². The van der Waals surface area contributed by atoms with Gasteiger partial charge in [-0.2, -0.15) is 0 Å². The zero-order chi connectivity index (χ0) is 13.0. The van der Waals surface area contributed by atoms with Gasteiger partial charge in [0.25, 0.3) is 0 Å². The fraction of sp³-hybridized carbons (Fsp3) is 0.200. The van der Waals surface area contributed by atoms with Crippen LogP contribution in [0.15, 0.2) is 59.5 Å². The van der Waals surface area contributed by atoms with Crippen LogP contribution in [-0.4, -0.2) is 5.25 Å². The fourth-order valence-electron chi connectivity index (χ4n) is 1.77. The maximum absolute atomic E-state index is 6.27. The van der Waals surface area contributed by atoms with Gasteiger partial charge in [-0.3, -0.25) is 0 Å². The van der Waals surface area contributed by atoms with E-state index < -0.39 is 0 Å². The predicted octanol–water partition coefficient (Wildman–Crippen LogP) is 4.52. The number of nitrogens with two attached hydrogens (primary N) is 1. The van der Waals surface area contributed by atoms with Crippen molar-refractivity contribution < 1.29 is 0 Å². The first kappa shape index (κ1) is 13.5. The summed E-state index contributed by atoms with van der Waals surface area (Å²) >= 11 is 7.73. The van der Waals surface area contributed by atoms with Crippen LogP contribution < -0.4 is 5.73 Å². The van der Waals surface area contributed by atoms with E-state index in [9.17, 15) is 0 Å². The molecule has 0 heterocycles. The molecule has 0 aliphatic heterocycles. The molecule has 0 amide bonds. The Bertz CT molecular complexity index is 501. The minimum absolute atomic E-state index is 0.0233. The maximum Gasteiger partial charge on any atom is 0.0417 e. The number of thioether (sulfide) groups is 1. The SMILES string of the molecule is CC(Sc1cccc(Cl)c1)C(N)c1ccccc1. The highest BCUT2D eigenvalue weighted by atomic mass is 35.5. The van der Waals surface area contributed by atoms with Crippen molar-refractivity contribution in [3.63, 3.8) is 0 Å². The van der Waals surface area contributed by atoms with Gasteiger partial charge in [0.1, 0.15) is 0 Å². The molecule has 0 spiro atoms. The third kappa shape index (κ3) is 3.52. The second-order valence-electron chi connectivity index (χ2n) is 4.22. The molecule has 94 valence electrons. The molecule has 0 aliphatic rings. The largest absolute Gasteiger partial charge is 0.323 e. The minimum atomic E-state index is 0.0233. The average Bonchev–Trinajstić information content (AvgIpc) is 2.39. The lowest BCUT2D eigenvalue weighted by atomic mass is 10.1. The molecule has 2 aromatic rings. The van der Waals surface area contributed by atoms with Crippen LogP contribution in [0.5, 0.6) is 0 Å². The first-order valence-electron chi connectivity index (χ1n) is 5.89. The zero-order valence-corrected chi connectivity index (χ0v) is 11.8. The Kier molecular flexibility index (Phi) is 4.70. The van der Waals surface area contributed by atoms with Gasteiger partial charge in [0.15, 0.2) is 0 Å². The van der Waals surface area contributed by atoms with Gasteiger partial charge >= 0.3 is 0 Å². The Labute approximate surface area is 117 Å². The van der Waals surface area contributed by atoms with Crippen LogP contribution in [-0.2, 0) is 0 Å². The second kappa shape index (κ2) is 6.28. The molecule has 2 atom stereocenters. The quantitative estimate of drug-likeness (QED) is 0.832. The highest BCUT2D eigenvalue weighted by Gasteiger charge is 2.15. The fourth-order valence-corrected chi connectivity index (χ4v) is 3.11. The molecular weight excluding hydrogens is 262 g/mol. The molecule has 2 rings (SSSR count). The van der Waals surface area contributed by atoms with Crippen molar-refractivity contribution in [3.8, 4) is 0 Å². The molecular formula is C15H16ClNS. The lowest BCUT2D eigenvalue weighted by Gasteiger charge is -2.20. The van der Waals surface area contributed by atoms with Gasteiger partial charge in [0.05, 0.1) is 0 Å². The van der Waals surface area contributed by atoms with Crippen LogP contribution in [0.1, 0.15) is 18.5 Å². The molecule has 0 saturated heterocycles. The van der Waals surface area contributed by atoms with Crippen LogP contribution >= 0.6 is 23.4 Å². The standard InChI is InChI=1S/C15H16ClNS/c1-11(15(17)12-6-3-2-4-7-12)18-14-9-5-8-13(16)10-14/h2-11,15H,17H2,1H3. The highest BCUT2D eigenvalue weighted by molar-refractivity contribution is 8.00. The Morgan fingerprint density at radius 1 is 1.06 bits per heavy atom. The smallest absolute Gasteiger partial charge is 0.0417 e. The first-order valence-corrected chi connectivity index (χ1v) is 7.15. The first-order chi connectivity index (χ1) is 8.66. The van der Waals surface area contributed by atoms with E-state index in [1.165, 1.54) is 5.56 Å². The summed E-state index contributed by atoms with van der Waals surface area (Å²) in [5, 5.41) is 1.06. The zero-order valence-electron chi connectivity index (χ0n) is 10.2. The van der Waals surface area contributed by atoms with Crippen LogP contribution in [0.2, 0.25) is 5.02 Å². The molecule has 2 aromatic carbocycles.